The van der Waals surface area contributed by atoms with Crippen LogP contribution in [0, 0.1) is 12.8 Å². The van der Waals surface area contributed by atoms with E-state index >= 15 is 0 Å². The highest BCUT2D eigenvalue weighted by Gasteiger charge is 2.44. The number of nitrogens with one attached hydrogen (secondary N) is 1. The van der Waals surface area contributed by atoms with Gasteiger partial charge in [-0.25, -0.2) is 4.98 Å². The van der Waals surface area contributed by atoms with Gasteiger partial charge in [-0.1, -0.05) is 29.8 Å². The van der Waals surface area contributed by atoms with Crippen LogP contribution < -0.4 is 15.1 Å². The molecule has 11 nitrogen and oxygen atoms in total. The number of imide groups is 2. The number of hydrogen-bond acceptors (Lipinski definition) is 8. The molecule has 0 radical (unpaired) electrons. The lowest BCUT2D eigenvalue weighted by Gasteiger charge is -2.38. The van der Waals surface area contributed by atoms with Gasteiger partial charge >= 0.3 is 0 Å². The second kappa shape index (κ2) is 12.8. The summed E-state index contributed by atoms with van der Waals surface area (Å²) in [6.07, 6.45) is 8.05. The molecule has 2 aromatic heterocycles. The molecule has 252 valence electrons. The van der Waals surface area contributed by atoms with Gasteiger partial charge in [0.15, 0.2) is 0 Å². The van der Waals surface area contributed by atoms with Crippen LogP contribution in [0.5, 0.6) is 0 Å². The van der Waals surface area contributed by atoms with E-state index in [1.54, 1.807) is 12.1 Å². The molecule has 4 amide bonds. The Kier molecular flexibility index (Phi) is 8.15. The summed E-state index contributed by atoms with van der Waals surface area (Å²) in [6.45, 7) is 8.87. The number of imidazole rings is 1. The molecule has 1 N–H and O–H groups in total. The van der Waals surface area contributed by atoms with E-state index in [2.05, 4.69) is 80.1 Å². The number of carbonyl (C=O) groups is 4. The van der Waals surface area contributed by atoms with E-state index in [9.17, 15) is 19.2 Å². The van der Waals surface area contributed by atoms with Crippen molar-refractivity contribution in [2.75, 3.05) is 55.6 Å². The summed E-state index contributed by atoms with van der Waals surface area (Å²) in [4.78, 5) is 63.6. The van der Waals surface area contributed by atoms with Crippen molar-refractivity contribution in [1.82, 2.24) is 24.5 Å². The Morgan fingerprint density at radius 2 is 1.49 bits per heavy atom. The molecule has 6 heterocycles. The fraction of sp³-hybridized carbons (Fsp3) is 0.395. The number of rotatable bonds is 7. The molecule has 4 aliphatic heterocycles. The summed E-state index contributed by atoms with van der Waals surface area (Å²) in [5.41, 5.74) is 7.15. The van der Waals surface area contributed by atoms with E-state index in [4.69, 9.17) is 4.98 Å². The third-order valence-electron chi connectivity index (χ3n) is 10.8. The fourth-order valence-electron chi connectivity index (χ4n) is 7.76. The Bertz CT molecular complexity index is 1940. The molecule has 1 unspecified atom stereocenters. The van der Waals surface area contributed by atoms with Crippen LogP contribution in [0.4, 0.5) is 11.4 Å². The molecule has 11 heteroatoms. The van der Waals surface area contributed by atoms with Gasteiger partial charge in [0, 0.05) is 81.1 Å². The Morgan fingerprint density at radius 1 is 0.776 bits per heavy atom. The number of hydrogen-bond donors (Lipinski definition) is 1. The van der Waals surface area contributed by atoms with Crippen molar-refractivity contribution in [2.45, 2.75) is 45.1 Å². The minimum absolute atomic E-state index is 0.109. The SMILES string of the molecule is Cc1ccc(-c2cn3ccc(N4CCC(CCN5CCN(c6ccc7c(c6)C(=O)N(C6CCC(=O)NC6=O)C7=O)CC5)CC4)cc3n2)cc1. The number of piperidine rings is 2. The fourth-order valence-corrected chi connectivity index (χ4v) is 7.76. The minimum atomic E-state index is -0.950. The van der Waals surface area contributed by atoms with E-state index in [1.165, 1.54) is 30.5 Å². The van der Waals surface area contributed by atoms with Crippen LogP contribution in [0.1, 0.15) is 58.4 Å². The summed E-state index contributed by atoms with van der Waals surface area (Å²) in [5, 5.41) is 2.25. The van der Waals surface area contributed by atoms with Crippen molar-refractivity contribution in [3.05, 3.63) is 83.7 Å². The monoisotopic (exact) mass is 659 g/mol. The summed E-state index contributed by atoms with van der Waals surface area (Å²) in [5.74, 6) is -1.19. The van der Waals surface area contributed by atoms with Crippen LogP contribution in [-0.4, -0.2) is 94.7 Å². The molecule has 4 aliphatic rings. The van der Waals surface area contributed by atoms with Gasteiger partial charge in [-0.05, 0) is 69.3 Å². The van der Waals surface area contributed by atoms with Crippen LogP contribution >= 0.6 is 0 Å². The van der Waals surface area contributed by atoms with Crippen LogP contribution in [0.15, 0.2) is 67.0 Å². The zero-order valence-corrected chi connectivity index (χ0v) is 27.8. The van der Waals surface area contributed by atoms with E-state index in [1.807, 2.05) is 6.07 Å². The second-order valence-electron chi connectivity index (χ2n) is 13.9. The Hall–Kier alpha value is -5.03. The van der Waals surface area contributed by atoms with Crippen LogP contribution in [0.2, 0.25) is 0 Å². The minimum Gasteiger partial charge on any atom is -0.371 e. The molecule has 0 spiro atoms. The molecular formula is C38H41N7O4. The highest BCUT2D eigenvalue weighted by Crippen LogP contribution is 2.32. The lowest BCUT2D eigenvalue weighted by molar-refractivity contribution is -0.136. The zero-order chi connectivity index (χ0) is 33.6. The van der Waals surface area contributed by atoms with E-state index in [0.717, 1.165) is 73.3 Å². The quantitative estimate of drug-likeness (QED) is 0.295. The van der Waals surface area contributed by atoms with Crippen molar-refractivity contribution < 1.29 is 19.2 Å². The standard InChI is InChI=1S/C38H41N7O4/c1-25-2-4-27(5-3-25)32-24-44-17-13-29(23-34(44)39-32)42-15-11-26(12-16-42)10-14-41-18-20-43(21-19-41)28-6-7-30-31(22-28)38(49)45(37(30)48)33-8-9-35(46)40-36(33)47/h2-7,13,17,22-24,26,33H,8-12,14-16,18-21H2,1H3,(H,40,46,47). The van der Waals surface area contributed by atoms with Gasteiger partial charge in [0.25, 0.3) is 11.8 Å². The number of amides is 4. The average molecular weight is 660 g/mol. The Labute approximate surface area is 285 Å². The molecule has 0 saturated carbocycles. The maximum Gasteiger partial charge on any atom is 0.262 e. The van der Waals surface area contributed by atoms with Gasteiger partial charge in [-0.3, -0.25) is 34.3 Å². The van der Waals surface area contributed by atoms with Crippen LogP contribution in [-0.2, 0) is 9.59 Å². The van der Waals surface area contributed by atoms with Crippen molar-refractivity contribution >= 4 is 40.7 Å². The summed E-state index contributed by atoms with van der Waals surface area (Å²) in [7, 11) is 0. The summed E-state index contributed by atoms with van der Waals surface area (Å²) in [6, 6.07) is 17.4. The number of anilines is 2. The maximum atomic E-state index is 13.3. The normalized spacial score (nSPS) is 20.8. The highest BCUT2D eigenvalue weighted by atomic mass is 16.2. The van der Waals surface area contributed by atoms with Crippen molar-refractivity contribution in [1.29, 1.82) is 0 Å². The molecule has 3 saturated heterocycles. The van der Waals surface area contributed by atoms with Crippen LogP contribution in [0.3, 0.4) is 0 Å². The smallest absolute Gasteiger partial charge is 0.262 e. The van der Waals surface area contributed by atoms with E-state index in [0.29, 0.717) is 17.0 Å². The first-order chi connectivity index (χ1) is 23.8. The van der Waals surface area contributed by atoms with Crippen molar-refractivity contribution in [2.24, 2.45) is 5.92 Å². The third kappa shape index (κ3) is 6.07. The Morgan fingerprint density at radius 3 is 2.24 bits per heavy atom. The van der Waals surface area contributed by atoms with Crippen molar-refractivity contribution in [3.8, 4) is 11.3 Å². The van der Waals surface area contributed by atoms with Gasteiger partial charge in [0.2, 0.25) is 11.8 Å². The molecule has 1 atom stereocenters. The summed E-state index contributed by atoms with van der Waals surface area (Å²) < 4.78 is 2.10. The lowest BCUT2D eigenvalue weighted by atomic mass is 9.93. The highest BCUT2D eigenvalue weighted by molar-refractivity contribution is 6.23. The number of aryl methyl sites for hydroxylation is 1. The van der Waals surface area contributed by atoms with Crippen molar-refractivity contribution in [3.63, 3.8) is 0 Å². The molecule has 4 aromatic rings. The first-order valence-electron chi connectivity index (χ1n) is 17.4. The topological polar surface area (TPSA) is 111 Å². The molecule has 2 aromatic carbocycles. The van der Waals surface area contributed by atoms with Gasteiger partial charge in [0.1, 0.15) is 11.7 Å². The first kappa shape index (κ1) is 31.3. The third-order valence-corrected chi connectivity index (χ3v) is 10.8. The maximum absolute atomic E-state index is 13.3. The van der Waals surface area contributed by atoms with Crippen LogP contribution in [0.25, 0.3) is 16.9 Å². The van der Waals surface area contributed by atoms with E-state index in [-0.39, 0.29) is 18.7 Å². The van der Waals surface area contributed by atoms with Gasteiger partial charge in [0.05, 0.1) is 16.8 Å². The van der Waals surface area contributed by atoms with E-state index < -0.39 is 23.8 Å². The Balaban J connectivity index is 0.813. The molecule has 49 heavy (non-hydrogen) atoms. The predicted molar refractivity (Wildman–Crippen MR) is 187 cm³/mol. The number of carbonyl (C=O) groups excluding carboxylic acids is 4. The molecule has 0 bridgehead atoms. The number of benzene rings is 2. The van der Waals surface area contributed by atoms with Gasteiger partial charge in [-0.2, -0.15) is 0 Å². The number of aromatic nitrogens is 2. The largest absolute Gasteiger partial charge is 0.371 e. The van der Waals surface area contributed by atoms with Gasteiger partial charge < -0.3 is 14.2 Å². The molecular weight excluding hydrogens is 618 g/mol. The first-order valence-corrected chi connectivity index (χ1v) is 17.4. The lowest BCUT2D eigenvalue weighted by Crippen LogP contribution is -2.54. The number of fused-ring (bicyclic) bond motifs is 2. The molecule has 0 aliphatic carbocycles. The zero-order valence-electron chi connectivity index (χ0n) is 27.8. The molecule has 3 fully saturated rings. The number of pyridine rings is 1. The summed E-state index contributed by atoms with van der Waals surface area (Å²) >= 11 is 0. The van der Waals surface area contributed by atoms with Gasteiger partial charge in [-0.15, -0.1) is 0 Å². The second-order valence-corrected chi connectivity index (χ2v) is 13.9. The average Bonchev–Trinajstić information content (AvgIpc) is 3.66. The predicted octanol–water partition coefficient (Wildman–Crippen LogP) is 4.14. The number of nitrogens with zero attached hydrogens (tertiary/aromatic N) is 6. The number of piperazine rings is 1. The molecule has 8 rings (SSSR count).